The Labute approximate surface area is 215 Å². The molecule has 2 fully saturated rings. The Balaban J connectivity index is 1.88. The van der Waals surface area contributed by atoms with Gasteiger partial charge in [-0.3, -0.25) is 4.79 Å². The Morgan fingerprint density at radius 1 is 1.12 bits per heavy atom. The van der Waals surface area contributed by atoms with Crippen molar-refractivity contribution in [3.05, 3.63) is 33.4 Å². The van der Waals surface area contributed by atoms with Crippen LogP contribution in [0, 0.1) is 8.99 Å². The van der Waals surface area contributed by atoms with E-state index in [0.717, 1.165) is 34.8 Å². The van der Waals surface area contributed by atoms with E-state index in [2.05, 4.69) is 27.9 Å². The highest BCUT2D eigenvalue weighted by Crippen LogP contribution is 2.40. The lowest BCUT2D eigenvalue weighted by molar-refractivity contribution is -0.152. The van der Waals surface area contributed by atoms with Crippen molar-refractivity contribution in [3.8, 4) is 0 Å². The molecular formula is C25H35IN2O6. The van der Waals surface area contributed by atoms with Crippen LogP contribution in [-0.4, -0.2) is 61.8 Å². The van der Waals surface area contributed by atoms with E-state index >= 15 is 0 Å². The van der Waals surface area contributed by atoms with Gasteiger partial charge in [-0.1, -0.05) is 32.9 Å². The van der Waals surface area contributed by atoms with Gasteiger partial charge in [0.25, 0.3) is 0 Å². The van der Waals surface area contributed by atoms with Gasteiger partial charge in [0.1, 0.15) is 23.8 Å². The summed E-state index contributed by atoms with van der Waals surface area (Å²) >= 11 is 2.23. The maximum Gasteiger partial charge on any atom is 0.408 e. The number of alkyl carbamates (subject to hydrolysis) is 1. The third kappa shape index (κ3) is 5.84. The lowest BCUT2D eigenvalue weighted by Crippen LogP contribution is -2.57. The first-order valence-electron chi connectivity index (χ1n) is 11.7. The number of likely N-dealkylation sites (tertiary alicyclic amines) is 1. The zero-order valence-electron chi connectivity index (χ0n) is 20.6. The topological polar surface area (TPSA) is 94.2 Å². The van der Waals surface area contributed by atoms with Gasteiger partial charge >= 0.3 is 12.1 Å². The van der Waals surface area contributed by atoms with Crippen LogP contribution in [0.2, 0.25) is 0 Å². The number of methoxy groups -OCH3 is 2. The summed E-state index contributed by atoms with van der Waals surface area (Å²) in [6.07, 6.45) is 3.27. The van der Waals surface area contributed by atoms with E-state index < -0.39 is 35.2 Å². The Morgan fingerprint density at radius 3 is 2.26 bits per heavy atom. The summed E-state index contributed by atoms with van der Waals surface area (Å²) < 4.78 is 17.6. The molecule has 1 heterocycles. The van der Waals surface area contributed by atoms with Crippen LogP contribution in [0.1, 0.15) is 58.4 Å². The van der Waals surface area contributed by atoms with Crippen molar-refractivity contribution in [1.29, 1.82) is 0 Å². The predicted molar refractivity (Wildman–Crippen MR) is 135 cm³/mol. The highest BCUT2D eigenvalue weighted by atomic mass is 127. The van der Waals surface area contributed by atoms with Gasteiger partial charge < -0.3 is 24.4 Å². The maximum atomic E-state index is 13.9. The van der Waals surface area contributed by atoms with Gasteiger partial charge in [0.05, 0.1) is 13.7 Å². The Kier molecular flexibility index (Phi) is 8.49. The highest BCUT2D eigenvalue weighted by Gasteiger charge is 2.53. The van der Waals surface area contributed by atoms with Crippen molar-refractivity contribution in [2.24, 2.45) is 5.41 Å². The average Bonchev–Trinajstić information content (AvgIpc) is 3.45. The van der Waals surface area contributed by atoms with Gasteiger partial charge in [-0.2, -0.15) is 0 Å². The number of hydrogen-bond donors (Lipinski definition) is 1. The Hall–Kier alpha value is -1.88. The number of nitrogens with zero attached hydrogens (tertiary/aromatic N) is 1. The second kappa shape index (κ2) is 10.8. The first-order valence-corrected chi connectivity index (χ1v) is 12.8. The molecule has 3 atom stereocenters. The normalized spacial score (nSPS) is 24.1. The summed E-state index contributed by atoms with van der Waals surface area (Å²) in [4.78, 5) is 40.8. The fraction of sp³-hybridized carbons (Fsp3) is 0.640. The van der Waals surface area contributed by atoms with Crippen molar-refractivity contribution in [3.63, 3.8) is 0 Å². The molecule has 1 aromatic carbocycles. The van der Waals surface area contributed by atoms with Crippen LogP contribution in [0.4, 0.5) is 4.79 Å². The zero-order chi connectivity index (χ0) is 25.1. The molecule has 0 spiro atoms. The molecule has 8 nitrogen and oxygen atoms in total. The molecule has 2 amide bonds. The number of benzene rings is 1. The van der Waals surface area contributed by atoms with Gasteiger partial charge in [-0.25, -0.2) is 9.59 Å². The predicted octanol–water partition coefficient (Wildman–Crippen LogP) is 3.99. The molecule has 1 N–H and O–H groups in total. The zero-order valence-corrected chi connectivity index (χ0v) is 22.7. The Bertz CT molecular complexity index is 894. The lowest BCUT2D eigenvalue weighted by atomic mass is 9.85. The summed E-state index contributed by atoms with van der Waals surface area (Å²) in [7, 11) is 2.89. The molecule has 188 valence electrons. The van der Waals surface area contributed by atoms with E-state index in [9.17, 15) is 14.4 Å². The monoisotopic (exact) mass is 586 g/mol. The van der Waals surface area contributed by atoms with E-state index in [0.29, 0.717) is 0 Å². The average molecular weight is 586 g/mol. The molecule has 34 heavy (non-hydrogen) atoms. The summed E-state index contributed by atoms with van der Waals surface area (Å²) in [5.41, 5.74) is -0.611. The van der Waals surface area contributed by atoms with Crippen LogP contribution in [0.15, 0.2) is 24.3 Å². The van der Waals surface area contributed by atoms with Crippen LogP contribution in [0.25, 0.3) is 0 Å². The first-order chi connectivity index (χ1) is 16.0. The van der Waals surface area contributed by atoms with Gasteiger partial charge in [-0.05, 0) is 71.4 Å². The summed E-state index contributed by atoms with van der Waals surface area (Å²) in [6.45, 7) is 5.78. The quantitative estimate of drug-likeness (QED) is 0.401. The minimum atomic E-state index is -0.891. The van der Waals surface area contributed by atoms with Crippen LogP contribution >= 0.6 is 22.6 Å². The standard InChI is InChI=1S/C25H35IN2O6/c1-24(2,3)20(27-23(31)34-18-8-6-7-9-18)21(29)28-15-25(33-5,14-19(28)22(30)32-4)16-10-12-17(26)13-11-16/h10-13,18-20H,6-9,14-15H2,1-5H3,(H,27,31)/t19-,20+,25-/m0/s1. The molecule has 3 rings (SSSR count). The largest absolute Gasteiger partial charge is 0.467 e. The van der Waals surface area contributed by atoms with E-state index in [4.69, 9.17) is 14.2 Å². The first kappa shape index (κ1) is 26.7. The SMILES string of the molecule is COC(=O)[C@@H]1C[C@@](OC)(c2ccc(I)cc2)CN1C(=O)[C@@H](NC(=O)OC1CCCC1)C(C)(C)C. The highest BCUT2D eigenvalue weighted by molar-refractivity contribution is 14.1. The second-order valence-electron chi connectivity index (χ2n) is 10.2. The van der Waals surface area contributed by atoms with E-state index in [1.165, 1.54) is 12.0 Å². The van der Waals surface area contributed by atoms with Gasteiger partial charge in [0.2, 0.25) is 5.91 Å². The van der Waals surface area contributed by atoms with Crippen molar-refractivity contribution in [1.82, 2.24) is 10.2 Å². The van der Waals surface area contributed by atoms with Gasteiger partial charge in [-0.15, -0.1) is 0 Å². The van der Waals surface area contributed by atoms with Crippen molar-refractivity contribution in [2.75, 3.05) is 20.8 Å². The van der Waals surface area contributed by atoms with Crippen molar-refractivity contribution in [2.45, 2.75) is 76.7 Å². The Morgan fingerprint density at radius 2 is 1.74 bits per heavy atom. The summed E-state index contributed by atoms with van der Waals surface area (Å²) in [6, 6.07) is 6.10. The van der Waals surface area contributed by atoms with Crippen molar-refractivity contribution < 1.29 is 28.6 Å². The molecular weight excluding hydrogens is 551 g/mol. The number of amides is 2. The van der Waals surface area contributed by atoms with E-state index in [1.54, 1.807) is 7.11 Å². The molecule has 1 saturated carbocycles. The summed E-state index contributed by atoms with van der Waals surface area (Å²) in [5.74, 6) is -0.880. The number of halogens is 1. The molecule has 0 radical (unpaired) electrons. The van der Waals surface area contributed by atoms with Crippen molar-refractivity contribution >= 4 is 40.6 Å². The molecule has 0 aromatic heterocycles. The third-order valence-corrected chi connectivity index (χ3v) is 7.51. The molecule has 1 aromatic rings. The number of nitrogens with one attached hydrogen (secondary N) is 1. The van der Waals surface area contributed by atoms with Crippen LogP contribution in [-0.2, 0) is 29.4 Å². The number of carbonyl (C=O) groups excluding carboxylic acids is 3. The molecule has 0 unspecified atom stereocenters. The lowest BCUT2D eigenvalue weighted by Gasteiger charge is -2.35. The van der Waals surface area contributed by atoms with Gasteiger partial charge in [0, 0.05) is 17.1 Å². The smallest absolute Gasteiger partial charge is 0.408 e. The fourth-order valence-electron chi connectivity index (χ4n) is 4.80. The summed E-state index contributed by atoms with van der Waals surface area (Å²) in [5, 5.41) is 2.78. The second-order valence-corrected chi connectivity index (χ2v) is 11.4. The van der Waals surface area contributed by atoms with Crippen LogP contribution in [0.5, 0.6) is 0 Å². The number of ether oxygens (including phenoxy) is 3. The minimum absolute atomic E-state index is 0.118. The minimum Gasteiger partial charge on any atom is -0.467 e. The molecule has 1 saturated heterocycles. The molecule has 1 aliphatic heterocycles. The molecule has 9 heteroatoms. The number of hydrogen-bond acceptors (Lipinski definition) is 6. The third-order valence-electron chi connectivity index (χ3n) is 6.79. The van der Waals surface area contributed by atoms with E-state index in [1.807, 2.05) is 45.0 Å². The number of carbonyl (C=O) groups is 3. The number of rotatable bonds is 6. The molecule has 0 bridgehead atoms. The fourth-order valence-corrected chi connectivity index (χ4v) is 5.16. The van der Waals surface area contributed by atoms with Crippen LogP contribution < -0.4 is 5.32 Å². The number of esters is 1. The maximum absolute atomic E-state index is 13.9. The van der Waals surface area contributed by atoms with Gasteiger partial charge in [0.15, 0.2) is 0 Å². The van der Waals surface area contributed by atoms with Crippen LogP contribution in [0.3, 0.4) is 0 Å². The molecule has 2 aliphatic rings. The molecule has 1 aliphatic carbocycles. The van der Waals surface area contributed by atoms with E-state index in [-0.39, 0.29) is 25.0 Å².